The van der Waals surface area contributed by atoms with Crippen LogP contribution in [0, 0.1) is 0 Å². The molecule has 180 valence electrons. The van der Waals surface area contributed by atoms with Crippen LogP contribution in [-0.2, 0) is 23.7 Å². The summed E-state index contributed by atoms with van der Waals surface area (Å²) in [6, 6.07) is 3.08. The summed E-state index contributed by atoms with van der Waals surface area (Å²) in [7, 11) is 0. The van der Waals surface area contributed by atoms with Gasteiger partial charge in [0.25, 0.3) is 0 Å². The summed E-state index contributed by atoms with van der Waals surface area (Å²) in [4.78, 5) is 38.4. The lowest BCUT2D eigenvalue weighted by Crippen LogP contribution is -2.23. The van der Waals surface area contributed by atoms with Gasteiger partial charge < -0.3 is 18.9 Å². The first kappa shape index (κ1) is 27.9. The number of hydrogen-bond acceptors (Lipinski definition) is 8. The fourth-order valence-corrected chi connectivity index (χ4v) is 2.70. The minimum Gasteiger partial charge on any atom is -0.460 e. The summed E-state index contributed by atoms with van der Waals surface area (Å²) in [5.41, 5.74) is 0.348. The maximum absolute atomic E-state index is 12.0. The molecule has 0 radical (unpaired) electrons. The summed E-state index contributed by atoms with van der Waals surface area (Å²) >= 11 is 0. The second kappa shape index (κ2) is 16.5. The van der Waals surface area contributed by atoms with E-state index in [0.717, 1.165) is 19.3 Å². The smallest absolute Gasteiger partial charge is 0.306 e. The molecular formula is C24H37NO7. The van der Waals surface area contributed by atoms with E-state index in [0.29, 0.717) is 76.4 Å². The van der Waals surface area contributed by atoms with Gasteiger partial charge in [-0.3, -0.25) is 19.4 Å². The molecule has 0 bridgehead atoms. The van der Waals surface area contributed by atoms with Crippen LogP contribution in [0.25, 0.3) is 0 Å². The zero-order valence-electron chi connectivity index (χ0n) is 19.6. The van der Waals surface area contributed by atoms with Crippen LogP contribution < -0.4 is 0 Å². The minimum atomic E-state index is -0.434. The van der Waals surface area contributed by atoms with Crippen LogP contribution in [0.1, 0.15) is 80.1 Å². The molecule has 1 heterocycles. The Kier molecular flexibility index (Phi) is 14.3. The lowest BCUT2D eigenvalue weighted by atomic mass is 10.1. The molecule has 8 heteroatoms. The summed E-state index contributed by atoms with van der Waals surface area (Å²) in [5, 5.41) is 0. The van der Waals surface area contributed by atoms with Crippen molar-refractivity contribution in [3.05, 3.63) is 29.6 Å². The molecule has 0 saturated heterocycles. The van der Waals surface area contributed by atoms with Gasteiger partial charge in [-0.1, -0.05) is 0 Å². The number of carbonyl (C=O) groups excluding carboxylic acids is 3. The number of nitrogens with zero attached hydrogens (tertiary/aromatic N) is 1. The van der Waals surface area contributed by atoms with E-state index in [1.807, 2.05) is 20.8 Å². The predicted octanol–water partition coefficient (Wildman–Crippen LogP) is 3.81. The number of pyridine rings is 1. The number of ether oxygens (including phenoxy) is 4. The van der Waals surface area contributed by atoms with Crippen LogP contribution in [0.5, 0.6) is 0 Å². The molecule has 8 nitrogen and oxygen atoms in total. The fourth-order valence-electron chi connectivity index (χ4n) is 2.70. The lowest BCUT2D eigenvalue weighted by molar-refractivity contribution is -0.155. The number of aldehydes is 1. The molecule has 0 saturated carbocycles. The third-order valence-electron chi connectivity index (χ3n) is 4.23. The quantitative estimate of drug-likeness (QED) is 0.144. The highest BCUT2D eigenvalue weighted by Gasteiger charge is 2.15. The number of esters is 1. The Hall–Kier alpha value is -2.16. The molecule has 0 atom stereocenters. The van der Waals surface area contributed by atoms with Crippen molar-refractivity contribution in [1.82, 2.24) is 4.98 Å². The van der Waals surface area contributed by atoms with Crippen molar-refractivity contribution in [1.29, 1.82) is 0 Å². The highest BCUT2D eigenvalue weighted by atomic mass is 16.6. The normalized spacial score (nSPS) is 11.3. The summed E-state index contributed by atoms with van der Waals surface area (Å²) < 4.78 is 21.7. The third kappa shape index (κ3) is 14.8. The zero-order valence-corrected chi connectivity index (χ0v) is 19.6. The van der Waals surface area contributed by atoms with Crippen LogP contribution in [0.4, 0.5) is 0 Å². The Morgan fingerprint density at radius 3 is 2.00 bits per heavy atom. The van der Waals surface area contributed by atoms with Crippen molar-refractivity contribution in [2.45, 2.75) is 64.9 Å². The monoisotopic (exact) mass is 451 g/mol. The number of carbonyl (C=O) groups is 3. The van der Waals surface area contributed by atoms with Gasteiger partial charge >= 0.3 is 5.97 Å². The second-order valence-electron chi connectivity index (χ2n) is 8.35. The Balaban J connectivity index is 1.86. The first-order chi connectivity index (χ1) is 15.3. The van der Waals surface area contributed by atoms with Crippen LogP contribution in [0.15, 0.2) is 18.3 Å². The molecule has 0 amide bonds. The summed E-state index contributed by atoms with van der Waals surface area (Å²) in [5.74, 6) is -0.240. The van der Waals surface area contributed by atoms with Crippen molar-refractivity contribution < 1.29 is 33.3 Å². The van der Waals surface area contributed by atoms with Crippen molar-refractivity contribution >= 4 is 18.0 Å². The van der Waals surface area contributed by atoms with Crippen LogP contribution in [0.3, 0.4) is 0 Å². The molecule has 1 rings (SSSR count). The summed E-state index contributed by atoms with van der Waals surface area (Å²) in [6.45, 7) is 8.72. The van der Waals surface area contributed by atoms with E-state index in [1.165, 1.54) is 12.3 Å². The van der Waals surface area contributed by atoms with Gasteiger partial charge in [0.15, 0.2) is 5.78 Å². The van der Waals surface area contributed by atoms with Gasteiger partial charge in [-0.2, -0.15) is 0 Å². The topological polar surface area (TPSA) is 101 Å². The summed E-state index contributed by atoms with van der Waals surface area (Å²) in [6.07, 6.45) is 5.99. The SMILES string of the molecule is CC(C)(C)OC(=O)CCCCOCCOCCOCCCCC(=O)c1cc(C=O)ccn1. The maximum Gasteiger partial charge on any atom is 0.306 e. The van der Waals surface area contributed by atoms with E-state index in [4.69, 9.17) is 18.9 Å². The first-order valence-corrected chi connectivity index (χ1v) is 11.2. The zero-order chi connectivity index (χ0) is 23.7. The number of ketones is 1. The van der Waals surface area contributed by atoms with Crippen LogP contribution >= 0.6 is 0 Å². The third-order valence-corrected chi connectivity index (χ3v) is 4.23. The Morgan fingerprint density at radius 2 is 1.44 bits per heavy atom. The van der Waals surface area contributed by atoms with Gasteiger partial charge in [0.2, 0.25) is 0 Å². The predicted molar refractivity (Wildman–Crippen MR) is 120 cm³/mol. The van der Waals surface area contributed by atoms with E-state index in [1.54, 1.807) is 6.07 Å². The first-order valence-electron chi connectivity index (χ1n) is 11.2. The van der Waals surface area contributed by atoms with E-state index >= 15 is 0 Å². The van der Waals surface area contributed by atoms with Gasteiger partial charge in [0, 0.05) is 37.8 Å². The number of Topliss-reactive ketones (excluding diaryl/α,β-unsaturated/α-hetero) is 1. The Labute approximate surface area is 191 Å². The van der Waals surface area contributed by atoms with Gasteiger partial charge in [-0.05, 0) is 58.6 Å². The standard InChI is InChI=1S/C24H37NO7/c1-24(2,3)32-23(28)9-5-7-13-30-15-17-31-16-14-29-12-6-4-8-22(27)21-18-20(19-26)10-11-25-21/h10-11,18-19H,4-9,12-17H2,1-3H3. The second-order valence-corrected chi connectivity index (χ2v) is 8.35. The average molecular weight is 452 g/mol. The minimum absolute atomic E-state index is 0.0677. The van der Waals surface area contributed by atoms with E-state index < -0.39 is 5.60 Å². The van der Waals surface area contributed by atoms with Gasteiger partial charge in [-0.15, -0.1) is 0 Å². The van der Waals surface area contributed by atoms with Crippen molar-refractivity contribution in [3.8, 4) is 0 Å². The fraction of sp³-hybridized carbons (Fsp3) is 0.667. The highest BCUT2D eigenvalue weighted by molar-refractivity contribution is 5.95. The van der Waals surface area contributed by atoms with Gasteiger partial charge in [0.1, 0.15) is 17.6 Å². The molecule has 1 aromatic heterocycles. The number of aromatic nitrogens is 1. The molecule has 0 aliphatic heterocycles. The molecule has 0 spiro atoms. The number of hydrogen-bond donors (Lipinski definition) is 0. The van der Waals surface area contributed by atoms with Crippen molar-refractivity contribution in [3.63, 3.8) is 0 Å². The Morgan fingerprint density at radius 1 is 0.875 bits per heavy atom. The van der Waals surface area contributed by atoms with E-state index in [9.17, 15) is 14.4 Å². The van der Waals surface area contributed by atoms with E-state index in [2.05, 4.69) is 4.98 Å². The highest BCUT2D eigenvalue weighted by Crippen LogP contribution is 2.10. The number of rotatable bonds is 18. The van der Waals surface area contributed by atoms with Crippen LogP contribution in [0.2, 0.25) is 0 Å². The average Bonchev–Trinajstić information content (AvgIpc) is 2.75. The van der Waals surface area contributed by atoms with Crippen molar-refractivity contribution in [2.24, 2.45) is 0 Å². The van der Waals surface area contributed by atoms with Gasteiger partial charge in [-0.25, -0.2) is 0 Å². The molecule has 0 aliphatic rings. The molecule has 0 unspecified atom stereocenters. The molecule has 0 aliphatic carbocycles. The van der Waals surface area contributed by atoms with Crippen LogP contribution in [-0.4, -0.2) is 68.3 Å². The molecular weight excluding hydrogens is 414 g/mol. The number of unbranched alkanes of at least 4 members (excludes halogenated alkanes) is 2. The van der Waals surface area contributed by atoms with E-state index in [-0.39, 0.29) is 11.8 Å². The van der Waals surface area contributed by atoms with Gasteiger partial charge in [0.05, 0.1) is 26.4 Å². The largest absolute Gasteiger partial charge is 0.460 e. The molecule has 32 heavy (non-hydrogen) atoms. The lowest BCUT2D eigenvalue weighted by Gasteiger charge is -2.19. The Bertz CT molecular complexity index is 685. The molecule has 1 aromatic rings. The van der Waals surface area contributed by atoms with Crippen molar-refractivity contribution in [2.75, 3.05) is 39.6 Å². The molecule has 0 fully saturated rings. The molecule has 0 N–H and O–H groups in total. The molecule has 0 aromatic carbocycles. The maximum atomic E-state index is 12.0.